The molecule has 0 aromatic rings. The fraction of sp³-hybridized carbons (Fsp3) is 0.638. The number of ether oxygens (including phenoxy) is 3. The summed E-state index contributed by atoms with van der Waals surface area (Å²) < 4.78 is 16.7. The Balaban J connectivity index is 4.52. The third-order valence-corrected chi connectivity index (χ3v) is 10.6. The molecular weight excluding hydrogens is 793 g/mol. The molecule has 0 aromatic carbocycles. The van der Waals surface area contributed by atoms with E-state index in [1.54, 1.807) is 0 Å². The van der Waals surface area contributed by atoms with Crippen molar-refractivity contribution < 1.29 is 28.6 Å². The quantitative estimate of drug-likeness (QED) is 0.0199. The van der Waals surface area contributed by atoms with Crippen LogP contribution in [0.1, 0.15) is 220 Å². The number of esters is 3. The van der Waals surface area contributed by atoms with Gasteiger partial charge in [-0.05, 0) is 77.0 Å². The monoisotopic (exact) mass is 887 g/mol. The molecule has 0 saturated carbocycles. The molecule has 0 amide bonds. The van der Waals surface area contributed by atoms with Crippen LogP contribution in [0.2, 0.25) is 0 Å². The highest BCUT2D eigenvalue weighted by Crippen LogP contribution is 2.15. The normalized spacial score (nSPS) is 13.0. The number of carbonyl (C=O) groups excluding carboxylic acids is 3. The summed E-state index contributed by atoms with van der Waals surface area (Å²) in [5, 5.41) is 0. The van der Waals surface area contributed by atoms with Gasteiger partial charge in [-0.1, -0.05) is 233 Å². The molecule has 0 aliphatic heterocycles. The summed E-state index contributed by atoms with van der Waals surface area (Å²) in [4.78, 5) is 37.9. The Morgan fingerprint density at radius 3 is 1.19 bits per heavy atom. The van der Waals surface area contributed by atoms with E-state index >= 15 is 0 Å². The van der Waals surface area contributed by atoms with Crippen LogP contribution in [0.3, 0.4) is 0 Å². The Kier molecular flexibility index (Phi) is 48.5. The molecule has 6 heteroatoms. The predicted octanol–water partition coefficient (Wildman–Crippen LogP) is 17.1. The zero-order chi connectivity index (χ0) is 46.5. The largest absolute Gasteiger partial charge is 0.462 e. The van der Waals surface area contributed by atoms with Crippen LogP contribution in [0.5, 0.6) is 0 Å². The Morgan fingerprint density at radius 2 is 0.719 bits per heavy atom. The molecule has 64 heavy (non-hydrogen) atoms. The van der Waals surface area contributed by atoms with Gasteiger partial charge < -0.3 is 14.2 Å². The number of allylic oxidation sites excluding steroid dienone is 18. The van der Waals surface area contributed by atoms with Crippen LogP contribution in [0.15, 0.2) is 109 Å². The van der Waals surface area contributed by atoms with Gasteiger partial charge in [0.2, 0.25) is 0 Å². The second-order valence-corrected chi connectivity index (χ2v) is 16.7. The zero-order valence-corrected chi connectivity index (χ0v) is 41.3. The lowest BCUT2D eigenvalue weighted by atomic mass is 10.0. The number of carbonyl (C=O) groups is 3. The van der Waals surface area contributed by atoms with Crippen molar-refractivity contribution in [1.29, 1.82) is 0 Å². The molecule has 362 valence electrons. The highest BCUT2D eigenvalue weighted by Gasteiger charge is 2.19. The number of rotatable bonds is 45. The van der Waals surface area contributed by atoms with E-state index < -0.39 is 6.10 Å². The van der Waals surface area contributed by atoms with Gasteiger partial charge in [-0.2, -0.15) is 0 Å². The predicted molar refractivity (Wildman–Crippen MR) is 274 cm³/mol. The van der Waals surface area contributed by atoms with E-state index in [4.69, 9.17) is 14.2 Å². The van der Waals surface area contributed by atoms with Crippen LogP contribution in [0.25, 0.3) is 0 Å². The SMILES string of the molecule is CC/C=C/C=C/C=C/CCCCCCCC(=O)OCC(COC(=O)CC/C=C/C/C=C/C/C=C/C/C=C/C/C=C/C/C=C/CC)OC(=O)CCCCCCCCCCCCCCCC. The van der Waals surface area contributed by atoms with Crippen LogP contribution in [-0.2, 0) is 28.6 Å². The van der Waals surface area contributed by atoms with Crippen molar-refractivity contribution >= 4 is 17.9 Å². The molecule has 0 N–H and O–H groups in total. The minimum absolute atomic E-state index is 0.112. The summed E-state index contributed by atoms with van der Waals surface area (Å²) >= 11 is 0. The van der Waals surface area contributed by atoms with E-state index in [-0.39, 0.29) is 37.5 Å². The van der Waals surface area contributed by atoms with Gasteiger partial charge in [0.15, 0.2) is 6.10 Å². The van der Waals surface area contributed by atoms with E-state index in [9.17, 15) is 14.4 Å². The second kappa shape index (κ2) is 51.7. The van der Waals surface area contributed by atoms with Gasteiger partial charge in [0.25, 0.3) is 0 Å². The molecule has 0 aliphatic carbocycles. The molecule has 0 fully saturated rings. The van der Waals surface area contributed by atoms with E-state index in [0.717, 1.165) is 103 Å². The van der Waals surface area contributed by atoms with Gasteiger partial charge in [-0.25, -0.2) is 0 Å². The number of hydrogen-bond donors (Lipinski definition) is 0. The third-order valence-electron chi connectivity index (χ3n) is 10.6. The highest BCUT2D eigenvalue weighted by atomic mass is 16.6. The maximum absolute atomic E-state index is 12.8. The summed E-state index contributed by atoms with van der Waals surface area (Å²) in [6, 6.07) is 0. The molecule has 0 bridgehead atoms. The maximum atomic E-state index is 12.8. The average molecular weight is 887 g/mol. The van der Waals surface area contributed by atoms with Gasteiger partial charge in [0.05, 0.1) is 0 Å². The van der Waals surface area contributed by atoms with Crippen molar-refractivity contribution in [2.75, 3.05) is 13.2 Å². The summed E-state index contributed by atoms with van der Waals surface area (Å²) in [5.41, 5.74) is 0. The molecule has 0 heterocycles. The van der Waals surface area contributed by atoms with Crippen molar-refractivity contribution in [3.05, 3.63) is 109 Å². The standard InChI is InChI=1S/C58H94O6/c1-4-7-10-13-16-19-22-25-27-28-29-30-31-34-36-39-42-45-48-51-57(60)63-54-55(53-62-56(59)50-47-44-41-38-35-32-24-21-18-15-12-9-6-3)64-58(61)52-49-46-43-40-37-33-26-23-20-17-14-11-8-5-2/h7,9-10,12,15-16,18-19,21,24-25,27,29-30,34,36,42,45,55H,4-6,8,11,13-14,17,20,22-23,26,28,31-33,35,37-41,43-44,46-54H2,1-3H3/b10-7+,12-9+,18-15+,19-16+,24-21+,27-25+,30-29+,36-34+,45-42+. The minimum atomic E-state index is -0.816. The van der Waals surface area contributed by atoms with Gasteiger partial charge in [0.1, 0.15) is 13.2 Å². The molecule has 0 spiro atoms. The lowest BCUT2D eigenvalue weighted by Gasteiger charge is -2.18. The average Bonchev–Trinajstić information content (AvgIpc) is 3.29. The van der Waals surface area contributed by atoms with Crippen molar-refractivity contribution in [2.45, 2.75) is 226 Å². The minimum Gasteiger partial charge on any atom is -0.462 e. The van der Waals surface area contributed by atoms with Crippen LogP contribution in [0.4, 0.5) is 0 Å². The fourth-order valence-corrected chi connectivity index (χ4v) is 6.76. The van der Waals surface area contributed by atoms with Gasteiger partial charge >= 0.3 is 17.9 Å². The lowest BCUT2D eigenvalue weighted by molar-refractivity contribution is -0.166. The van der Waals surface area contributed by atoms with E-state index in [1.807, 2.05) is 12.2 Å². The molecule has 0 saturated heterocycles. The Morgan fingerprint density at radius 1 is 0.344 bits per heavy atom. The summed E-state index contributed by atoms with van der Waals surface area (Å²) in [6.07, 6.45) is 69.4. The first kappa shape index (κ1) is 60.1. The lowest BCUT2D eigenvalue weighted by Crippen LogP contribution is -2.30. The van der Waals surface area contributed by atoms with Crippen LogP contribution >= 0.6 is 0 Å². The first-order valence-corrected chi connectivity index (χ1v) is 25.9. The van der Waals surface area contributed by atoms with Crippen molar-refractivity contribution in [3.63, 3.8) is 0 Å². The molecular formula is C58H94O6. The Labute approximate surface area is 393 Å². The zero-order valence-electron chi connectivity index (χ0n) is 41.3. The van der Waals surface area contributed by atoms with Gasteiger partial charge in [0, 0.05) is 19.3 Å². The van der Waals surface area contributed by atoms with Crippen LogP contribution < -0.4 is 0 Å². The molecule has 1 unspecified atom stereocenters. The second-order valence-electron chi connectivity index (χ2n) is 16.7. The highest BCUT2D eigenvalue weighted by molar-refractivity contribution is 5.71. The molecule has 0 aliphatic rings. The molecule has 1 atom stereocenters. The fourth-order valence-electron chi connectivity index (χ4n) is 6.76. The van der Waals surface area contributed by atoms with Crippen molar-refractivity contribution in [2.24, 2.45) is 0 Å². The molecule has 0 rings (SSSR count). The van der Waals surface area contributed by atoms with Crippen LogP contribution in [0, 0.1) is 0 Å². The van der Waals surface area contributed by atoms with Crippen molar-refractivity contribution in [1.82, 2.24) is 0 Å². The molecule has 0 radical (unpaired) electrons. The summed E-state index contributed by atoms with van der Waals surface area (Å²) in [5.74, 6) is -1.02. The number of hydrogen-bond acceptors (Lipinski definition) is 6. The Bertz CT molecular complexity index is 1340. The topological polar surface area (TPSA) is 78.9 Å². The first-order valence-electron chi connectivity index (χ1n) is 25.9. The molecule has 6 nitrogen and oxygen atoms in total. The summed E-state index contributed by atoms with van der Waals surface area (Å²) in [7, 11) is 0. The van der Waals surface area contributed by atoms with E-state index in [2.05, 4.69) is 118 Å². The van der Waals surface area contributed by atoms with Crippen LogP contribution in [-0.4, -0.2) is 37.2 Å². The van der Waals surface area contributed by atoms with Gasteiger partial charge in [-0.15, -0.1) is 0 Å². The molecule has 0 aromatic heterocycles. The first-order chi connectivity index (χ1) is 31.5. The number of unbranched alkanes of at least 4 members (excludes halogenated alkanes) is 18. The van der Waals surface area contributed by atoms with E-state index in [0.29, 0.717) is 19.3 Å². The third kappa shape index (κ3) is 49.1. The van der Waals surface area contributed by atoms with Crippen molar-refractivity contribution in [3.8, 4) is 0 Å². The van der Waals surface area contributed by atoms with Gasteiger partial charge in [-0.3, -0.25) is 14.4 Å². The smallest absolute Gasteiger partial charge is 0.306 e. The maximum Gasteiger partial charge on any atom is 0.306 e. The summed E-state index contributed by atoms with van der Waals surface area (Å²) in [6.45, 7) is 6.30. The Hall–Kier alpha value is -3.93. The van der Waals surface area contributed by atoms with E-state index in [1.165, 1.54) is 70.6 Å².